The Balaban J connectivity index is 2.10. The van der Waals surface area contributed by atoms with Gasteiger partial charge in [-0.2, -0.15) is 5.26 Å². The quantitative estimate of drug-likeness (QED) is 0.668. The normalized spacial score (nSPS) is 10.0. The van der Waals surface area contributed by atoms with Gasteiger partial charge in [-0.3, -0.25) is 10.1 Å². The fraction of sp³-hybridized carbons (Fsp3) is 0.250. The number of nitriles is 1. The molecule has 0 aliphatic heterocycles. The number of hydrogen-bond acceptors (Lipinski definition) is 7. The molecule has 0 saturated carbocycles. The number of nitrogens with zero attached hydrogens (tertiary/aromatic N) is 4. The summed E-state index contributed by atoms with van der Waals surface area (Å²) in [4.78, 5) is 18.6. The summed E-state index contributed by atoms with van der Waals surface area (Å²) in [5.74, 6) is 0.112. The van der Waals surface area contributed by atoms with Gasteiger partial charge in [-0.1, -0.05) is 0 Å². The molecule has 0 radical (unpaired) electrons. The molecule has 8 heteroatoms. The van der Waals surface area contributed by atoms with Crippen LogP contribution in [0.25, 0.3) is 0 Å². The first kappa shape index (κ1) is 13.9. The second-order valence-corrected chi connectivity index (χ2v) is 5.02. The lowest BCUT2D eigenvalue weighted by atomic mass is 10.2. The number of aromatic nitrogens is 2. The van der Waals surface area contributed by atoms with E-state index < -0.39 is 4.92 Å². The number of nitro groups is 1. The number of aryl methyl sites for hydroxylation is 1. The van der Waals surface area contributed by atoms with Gasteiger partial charge in [0.1, 0.15) is 11.6 Å². The van der Waals surface area contributed by atoms with Crippen molar-refractivity contribution >= 4 is 22.8 Å². The molecule has 0 bridgehead atoms. The zero-order valence-corrected chi connectivity index (χ0v) is 11.5. The summed E-state index contributed by atoms with van der Waals surface area (Å²) in [5.41, 5.74) is 0.639. The third kappa shape index (κ3) is 3.07. The van der Waals surface area contributed by atoms with Gasteiger partial charge < -0.3 is 5.32 Å². The number of anilines is 1. The molecule has 0 amide bonds. The summed E-state index contributed by atoms with van der Waals surface area (Å²) in [5, 5.41) is 25.7. The zero-order valence-electron chi connectivity index (χ0n) is 10.7. The van der Waals surface area contributed by atoms with E-state index in [1.165, 1.54) is 12.3 Å². The van der Waals surface area contributed by atoms with E-state index in [0.717, 1.165) is 10.7 Å². The monoisotopic (exact) mass is 289 g/mol. The molecule has 1 N–H and O–H groups in total. The largest absolute Gasteiger partial charge is 0.364 e. The summed E-state index contributed by atoms with van der Waals surface area (Å²) in [7, 11) is 0. The van der Waals surface area contributed by atoms with Crippen LogP contribution < -0.4 is 5.32 Å². The maximum absolute atomic E-state index is 11.0. The van der Waals surface area contributed by atoms with Crippen LogP contribution in [-0.2, 0) is 6.42 Å². The summed E-state index contributed by atoms with van der Waals surface area (Å²) in [6, 6.07) is 3.12. The lowest BCUT2D eigenvalue weighted by Crippen LogP contribution is -2.09. The van der Waals surface area contributed by atoms with Gasteiger partial charge in [0.25, 0.3) is 0 Å². The lowest BCUT2D eigenvalue weighted by Gasteiger charge is -2.05. The van der Waals surface area contributed by atoms with Crippen LogP contribution >= 0.6 is 11.3 Å². The highest BCUT2D eigenvalue weighted by Crippen LogP contribution is 2.25. The third-order valence-electron chi connectivity index (χ3n) is 2.57. The zero-order chi connectivity index (χ0) is 14.5. The van der Waals surface area contributed by atoms with Gasteiger partial charge in [0.2, 0.25) is 5.82 Å². The molecule has 0 fully saturated rings. The molecule has 2 aromatic heterocycles. The first-order chi connectivity index (χ1) is 9.61. The Morgan fingerprint density at radius 1 is 1.60 bits per heavy atom. The average molecular weight is 289 g/mol. The smallest absolute Gasteiger partial charge is 0.328 e. The maximum Gasteiger partial charge on any atom is 0.328 e. The SMILES string of the molecule is Cc1nc(CCNc2nccc(C#N)c2[N+](=O)[O-])cs1. The van der Waals surface area contributed by atoms with Crippen LogP contribution in [0.15, 0.2) is 17.6 Å². The minimum absolute atomic E-state index is 0.00278. The number of thiazole rings is 1. The fourth-order valence-corrected chi connectivity index (χ4v) is 2.34. The van der Waals surface area contributed by atoms with E-state index in [9.17, 15) is 10.1 Å². The second-order valence-electron chi connectivity index (χ2n) is 3.96. The highest BCUT2D eigenvalue weighted by Gasteiger charge is 2.20. The number of pyridine rings is 1. The minimum atomic E-state index is -0.596. The van der Waals surface area contributed by atoms with Crippen LogP contribution in [-0.4, -0.2) is 21.4 Å². The first-order valence-electron chi connectivity index (χ1n) is 5.80. The Bertz CT molecular complexity index is 677. The molecule has 20 heavy (non-hydrogen) atoms. The topological polar surface area (TPSA) is 105 Å². The van der Waals surface area contributed by atoms with Crippen molar-refractivity contribution in [3.8, 4) is 6.07 Å². The number of hydrogen-bond donors (Lipinski definition) is 1. The van der Waals surface area contributed by atoms with E-state index in [1.54, 1.807) is 17.4 Å². The molecule has 0 aliphatic rings. The molecule has 0 unspecified atom stereocenters. The predicted octanol–water partition coefficient (Wildman–Crippen LogP) is 2.28. The molecular formula is C12H11N5O2S. The van der Waals surface area contributed by atoms with Crippen molar-refractivity contribution in [2.75, 3.05) is 11.9 Å². The maximum atomic E-state index is 11.0. The summed E-state index contributed by atoms with van der Waals surface area (Å²) < 4.78 is 0. The second kappa shape index (κ2) is 6.08. The van der Waals surface area contributed by atoms with Crippen LogP contribution in [0.3, 0.4) is 0 Å². The molecule has 102 valence electrons. The number of nitrogens with one attached hydrogen (secondary N) is 1. The van der Waals surface area contributed by atoms with E-state index in [4.69, 9.17) is 5.26 Å². The Labute approximate surface area is 119 Å². The summed E-state index contributed by atoms with van der Waals surface area (Å²) in [6.07, 6.45) is 2.01. The molecule has 0 saturated heterocycles. The molecule has 2 aromatic rings. The molecule has 7 nitrogen and oxygen atoms in total. The van der Waals surface area contributed by atoms with Crippen molar-refractivity contribution in [1.29, 1.82) is 5.26 Å². The Morgan fingerprint density at radius 2 is 2.40 bits per heavy atom. The molecule has 2 rings (SSSR count). The standard InChI is InChI=1S/C12H11N5O2S/c1-8-16-10(7-20-8)3-5-15-12-11(17(18)19)9(6-13)2-4-14-12/h2,4,7H,3,5H2,1H3,(H,14,15). The van der Waals surface area contributed by atoms with Crippen molar-refractivity contribution in [2.24, 2.45) is 0 Å². The Kier molecular flexibility index (Phi) is 4.22. The molecule has 0 spiro atoms. The Hall–Kier alpha value is -2.53. The van der Waals surface area contributed by atoms with Crippen LogP contribution in [0.4, 0.5) is 11.5 Å². The minimum Gasteiger partial charge on any atom is -0.364 e. The number of rotatable bonds is 5. The molecule has 0 aliphatic carbocycles. The van der Waals surface area contributed by atoms with Gasteiger partial charge in [-0.25, -0.2) is 9.97 Å². The van der Waals surface area contributed by atoms with Crippen molar-refractivity contribution in [2.45, 2.75) is 13.3 Å². The van der Waals surface area contributed by atoms with Crippen molar-refractivity contribution < 1.29 is 4.92 Å². The highest BCUT2D eigenvalue weighted by molar-refractivity contribution is 7.09. The van der Waals surface area contributed by atoms with Crippen LogP contribution in [0, 0.1) is 28.4 Å². The average Bonchev–Trinajstić information content (AvgIpc) is 2.83. The fourth-order valence-electron chi connectivity index (χ4n) is 1.69. The van der Waals surface area contributed by atoms with Gasteiger partial charge in [0, 0.05) is 24.5 Å². The Morgan fingerprint density at radius 3 is 3.00 bits per heavy atom. The molecule has 2 heterocycles. The van der Waals surface area contributed by atoms with Gasteiger partial charge in [-0.05, 0) is 13.0 Å². The van der Waals surface area contributed by atoms with E-state index in [2.05, 4.69) is 15.3 Å². The van der Waals surface area contributed by atoms with E-state index in [-0.39, 0.29) is 17.1 Å². The van der Waals surface area contributed by atoms with E-state index >= 15 is 0 Å². The first-order valence-corrected chi connectivity index (χ1v) is 6.68. The van der Waals surface area contributed by atoms with Gasteiger partial charge in [-0.15, -0.1) is 11.3 Å². The summed E-state index contributed by atoms with van der Waals surface area (Å²) >= 11 is 1.56. The van der Waals surface area contributed by atoms with Crippen molar-refractivity contribution in [3.05, 3.63) is 44.0 Å². The van der Waals surface area contributed by atoms with E-state index in [1.807, 2.05) is 12.3 Å². The highest BCUT2D eigenvalue weighted by atomic mass is 32.1. The van der Waals surface area contributed by atoms with Crippen LogP contribution in [0.2, 0.25) is 0 Å². The summed E-state index contributed by atoms with van der Waals surface area (Å²) in [6.45, 7) is 2.39. The molecular weight excluding hydrogens is 278 g/mol. The van der Waals surface area contributed by atoms with Gasteiger partial charge >= 0.3 is 5.69 Å². The predicted molar refractivity (Wildman–Crippen MR) is 74.7 cm³/mol. The van der Waals surface area contributed by atoms with Crippen LogP contribution in [0.5, 0.6) is 0 Å². The lowest BCUT2D eigenvalue weighted by molar-refractivity contribution is -0.384. The van der Waals surface area contributed by atoms with E-state index in [0.29, 0.717) is 13.0 Å². The molecule has 0 atom stereocenters. The van der Waals surface area contributed by atoms with Crippen LogP contribution in [0.1, 0.15) is 16.3 Å². The van der Waals surface area contributed by atoms with Crippen molar-refractivity contribution in [1.82, 2.24) is 9.97 Å². The molecule has 0 aromatic carbocycles. The van der Waals surface area contributed by atoms with Gasteiger partial charge in [0.15, 0.2) is 0 Å². The third-order valence-corrected chi connectivity index (χ3v) is 3.39. The van der Waals surface area contributed by atoms with Crippen molar-refractivity contribution in [3.63, 3.8) is 0 Å². The van der Waals surface area contributed by atoms with Gasteiger partial charge in [0.05, 0.1) is 15.6 Å².